The molecule has 1 saturated carbocycles. The van der Waals surface area contributed by atoms with Crippen molar-refractivity contribution in [2.45, 2.75) is 25.3 Å². The second-order valence-electron chi connectivity index (χ2n) is 4.42. The summed E-state index contributed by atoms with van der Waals surface area (Å²) in [7, 11) is 0. The summed E-state index contributed by atoms with van der Waals surface area (Å²) < 4.78 is 0. The third-order valence-electron chi connectivity index (χ3n) is 3.14. The number of aliphatic carboxylic acids is 1. The molecule has 0 bridgehead atoms. The van der Waals surface area contributed by atoms with Gasteiger partial charge >= 0.3 is 5.97 Å². The van der Waals surface area contributed by atoms with Crippen LogP contribution in [0.15, 0.2) is 30.3 Å². The molecule has 0 aliphatic heterocycles. The molecule has 0 heterocycles. The summed E-state index contributed by atoms with van der Waals surface area (Å²) >= 11 is 0. The van der Waals surface area contributed by atoms with Crippen LogP contribution in [0.3, 0.4) is 0 Å². The fourth-order valence-electron chi connectivity index (χ4n) is 2.33. The normalized spacial score (nSPS) is 29.5. The Morgan fingerprint density at radius 3 is 2.47 bits per heavy atom. The third kappa shape index (κ3) is 1.88. The Kier molecular flexibility index (Phi) is 2.49. The molecule has 80 valence electrons. The van der Waals surface area contributed by atoms with Crippen LogP contribution in [0, 0.1) is 5.41 Å². The van der Waals surface area contributed by atoms with Gasteiger partial charge in [0.1, 0.15) is 0 Å². The number of carboxylic acid groups (broad SMARTS) is 1. The molecule has 3 N–H and O–H groups in total. The van der Waals surface area contributed by atoms with Crippen LogP contribution in [0.2, 0.25) is 0 Å². The van der Waals surface area contributed by atoms with E-state index >= 15 is 0 Å². The van der Waals surface area contributed by atoms with Crippen molar-refractivity contribution in [1.82, 2.24) is 0 Å². The Balaban J connectivity index is 2.13. The Morgan fingerprint density at radius 1 is 1.40 bits per heavy atom. The number of hydrogen-bond donors (Lipinski definition) is 2. The van der Waals surface area contributed by atoms with Crippen molar-refractivity contribution in [3.8, 4) is 0 Å². The second kappa shape index (κ2) is 3.66. The van der Waals surface area contributed by atoms with E-state index in [1.807, 2.05) is 30.3 Å². The van der Waals surface area contributed by atoms with Crippen molar-refractivity contribution < 1.29 is 9.90 Å². The fourth-order valence-corrected chi connectivity index (χ4v) is 2.33. The van der Waals surface area contributed by atoms with Crippen molar-refractivity contribution in [3.63, 3.8) is 0 Å². The first-order chi connectivity index (χ1) is 7.12. The van der Waals surface area contributed by atoms with E-state index in [1.54, 1.807) is 0 Å². The van der Waals surface area contributed by atoms with E-state index < -0.39 is 11.4 Å². The van der Waals surface area contributed by atoms with Crippen LogP contribution in [0.4, 0.5) is 0 Å². The Labute approximate surface area is 88.9 Å². The van der Waals surface area contributed by atoms with E-state index in [-0.39, 0.29) is 6.04 Å². The summed E-state index contributed by atoms with van der Waals surface area (Å²) in [4.78, 5) is 11.2. The van der Waals surface area contributed by atoms with Gasteiger partial charge in [0.05, 0.1) is 5.41 Å². The first-order valence-electron chi connectivity index (χ1n) is 5.15. The average molecular weight is 205 g/mol. The highest BCUT2D eigenvalue weighted by Crippen LogP contribution is 2.43. The summed E-state index contributed by atoms with van der Waals surface area (Å²) in [5.41, 5.74) is 6.15. The van der Waals surface area contributed by atoms with Gasteiger partial charge in [-0.3, -0.25) is 4.79 Å². The summed E-state index contributed by atoms with van der Waals surface area (Å²) in [5, 5.41) is 9.21. The van der Waals surface area contributed by atoms with Crippen LogP contribution in [-0.2, 0) is 11.2 Å². The minimum absolute atomic E-state index is 0.0600. The van der Waals surface area contributed by atoms with Crippen LogP contribution >= 0.6 is 0 Å². The number of benzene rings is 1. The van der Waals surface area contributed by atoms with Gasteiger partial charge < -0.3 is 10.8 Å². The molecule has 0 saturated heterocycles. The minimum atomic E-state index is -0.715. The molecule has 0 unspecified atom stereocenters. The minimum Gasteiger partial charge on any atom is -0.481 e. The Morgan fingerprint density at radius 2 is 2.00 bits per heavy atom. The van der Waals surface area contributed by atoms with Gasteiger partial charge in [0.15, 0.2) is 0 Å². The molecule has 0 aromatic heterocycles. The number of rotatable bonds is 3. The number of hydrogen-bond acceptors (Lipinski definition) is 2. The molecule has 1 aliphatic rings. The molecule has 1 aromatic rings. The van der Waals surface area contributed by atoms with Gasteiger partial charge in [0.2, 0.25) is 0 Å². The predicted molar refractivity (Wildman–Crippen MR) is 57.4 cm³/mol. The third-order valence-corrected chi connectivity index (χ3v) is 3.14. The molecule has 1 aromatic carbocycles. The van der Waals surface area contributed by atoms with Crippen LogP contribution in [0.25, 0.3) is 0 Å². The molecule has 0 spiro atoms. The van der Waals surface area contributed by atoms with Gasteiger partial charge in [-0.15, -0.1) is 0 Å². The Bertz CT molecular complexity index is 355. The zero-order valence-corrected chi connectivity index (χ0v) is 8.52. The van der Waals surface area contributed by atoms with Gasteiger partial charge in [-0.25, -0.2) is 0 Å². The van der Waals surface area contributed by atoms with Gasteiger partial charge in [-0.05, 0) is 24.8 Å². The summed E-state index contributed by atoms with van der Waals surface area (Å²) in [6.45, 7) is 0. The van der Waals surface area contributed by atoms with E-state index in [2.05, 4.69) is 0 Å². The number of carbonyl (C=O) groups is 1. The van der Waals surface area contributed by atoms with Crippen molar-refractivity contribution in [1.29, 1.82) is 0 Å². The van der Waals surface area contributed by atoms with Gasteiger partial charge in [0.25, 0.3) is 0 Å². The summed E-state index contributed by atoms with van der Waals surface area (Å²) in [6, 6.07) is 9.80. The van der Waals surface area contributed by atoms with Crippen LogP contribution in [0.5, 0.6) is 0 Å². The van der Waals surface area contributed by atoms with E-state index in [0.29, 0.717) is 19.3 Å². The number of carboxylic acids is 1. The molecule has 1 fully saturated rings. The van der Waals surface area contributed by atoms with Crippen molar-refractivity contribution in [2.75, 3.05) is 0 Å². The molecule has 0 atom stereocenters. The maximum Gasteiger partial charge on any atom is 0.310 e. The topological polar surface area (TPSA) is 63.3 Å². The molecule has 0 amide bonds. The smallest absolute Gasteiger partial charge is 0.310 e. The highest BCUT2D eigenvalue weighted by molar-refractivity contribution is 5.76. The fraction of sp³-hybridized carbons (Fsp3) is 0.417. The van der Waals surface area contributed by atoms with Crippen LogP contribution in [-0.4, -0.2) is 17.1 Å². The van der Waals surface area contributed by atoms with Crippen molar-refractivity contribution in [2.24, 2.45) is 11.1 Å². The molecule has 2 rings (SSSR count). The summed E-state index contributed by atoms with van der Waals surface area (Å²) in [6.07, 6.45) is 1.78. The zero-order chi connectivity index (χ0) is 10.9. The largest absolute Gasteiger partial charge is 0.481 e. The van der Waals surface area contributed by atoms with Gasteiger partial charge in [0, 0.05) is 6.04 Å². The lowest BCUT2D eigenvalue weighted by Crippen LogP contribution is -2.52. The number of nitrogens with two attached hydrogens (primary N) is 1. The van der Waals surface area contributed by atoms with E-state index in [0.717, 1.165) is 5.56 Å². The monoisotopic (exact) mass is 205 g/mol. The predicted octanol–water partition coefficient (Wildman–Crippen LogP) is 1.42. The van der Waals surface area contributed by atoms with E-state index in [4.69, 9.17) is 5.73 Å². The Hall–Kier alpha value is -1.35. The zero-order valence-electron chi connectivity index (χ0n) is 8.52. The highest BCUT2D eigenvalue weighted by Gasteiger charge is 2.48. The maximum atomic E-state index is 11.2. The SMILES string of the molecule is NC1CC(Cc2ccccc2)(C(=O)O)C1. The molecule has 15 heavy (non-hydrogen) atoms. The average Bonchev–Trinajstić information content (AvgIpc) is 2.16. The first-order valence-corrected chi connectivity index (χ1v) is 5.15. The standard InChI is InChI=1S/C12H15NO2/c13-10-7-12(8-10,11(14)15)6-9-4-2-1-3-5-9/h1-5,10H,6-8,13H2,(H,14,15). The highest BCUT2D eigenvalue weighted by atomic mass is 16.4. The molecular formula is C12H15NO2. The molecule has 1 aliphatic carbocycles. The van der Waals surface area contributed by atoms with Gasteiger partial charge in [-0.1, -0.05) is 30.3 Å². The lowest BCUT2D eigenvalue weighted by atomic mass is 9.63. The quantitative estimate of drug-likeness (QED) is 0.784. The first kappa shape index (κ1) is 10.2. The molecule has 3 heteroatoms. The van der Waals surface area contributed by atoms with Crippen molar-refractivity contribution in [3.05, 3.63) is 35.9 Å². The lowest BCUT2D eigenvalue weighted by Gasteiger charge is -2.42. The van der Waals surface area contributed by atoms with Crippen LogP contribution in [0.1, 0.15) is 18.4 Å². The molecule has 0 radical (unpaired) electrons. The lowest BCUT2D eigenvalue weighted by molar-refractivity contribution is -0.155. The molecular weight excluding hydrogens is 190 g/mol. The maximum absolute atomic E-state index is 11.2. The second-order valence-corrected chi connectivity index (χ2v) is 4.42. The van der Waals surface area contributed by atoms with Gasteiger partial charge in [-0.2, -0.15) is 0 Å². The summed E-state index contributed by atoms with van der Waals surface area (Å²) in [5.74, 6) is -0.715. The van der Waals surface area contributed by atoms with E-state index in [9.17, 15) is 9.90 Å². The van der Waals surface area contributed by atoms with Crippen molar-refractivity contribution >= 4 is 5.97 Å². The van der Waals surface area contributed by atoms with Crippen LogP contribution < -0.4 is 5.73 Å². The van der Waals surface area contributed by atoms with E-state index in [1.165, 1.54) is 0 Å². The molecule has 3 nitrogen and oxygen atoms in total.